The average Bonchev–Trinajstić information content (AvgIpc) is 2.74. The van der Waals surface area contributed by atoms with Gasteiger partial charge >= 0.3 is 12.1 Å². The van der Waals surface area contributed by atoms with Gasteiger partial charge in [0.1, 0.15) is 11.8 Å². The van der Waals surface area contributed by atoms with Crippen molar-refractivity contribution >= 4 is 5.97 Å². The highest BCUT2D eigenvalue weighted by atomic mass is 19.4. The minimum Gasteiger partial charge on any atom is -0.466 e. The van der Waals surface area contributed by atoms with Crippen LogP contribution in [0.5, 0.6) is 0 Å². The van der Waals surface area contributed by atoms with Crippen LogP contribution in [0.3, 0.4) is 0 Å². The van der Waals surface area contributed by atoms with Crippen LogP contribution < -0.4 is 0 Å². The monoisotopic (exact) mass is 236 g/mol. The minimum absolute atomic E-state index is 0.0704. The van der Waals surface area contributed by atoms with Gasteiger partial charge in [0, 0.05) is 0 Å². The second-order valence-electron chi connectivity index (χ2n) is 3.80. The molecule has 0 aromatic carbocycles. The molecule has 0 spiro atoms. The van der Waals surface area contributed by atoms with Crippen LogP contribution >= 0.6 is 0 Å². The smallest absolute Gasteiger partial charge is 0.395 e. The number of carbonyl (C=O) groups excluding carboxylic acids is 1. The molecule has 16 heavy (non-hydrogen) atoms. The lowest BCUT2D eigenvalue weighted by Crippen LogP contribution is -2.41. The van der Waals surface area contributed by atoms with Crippen molar-refractivity contribution in [2.45, 2.75) is 25.3 Å². The molecular formula is C10H11F3O3. The summed E-state index contributed by atoms with van der Waals surface area (Å²) in [6.45, 7) is 1.63. The van der Waals surface area contributed by atoms with Gasteiger partial charge in [0.15, 0.2) is 0 Å². The lowest BCUT2D eigenvalue weighted by atomic mass is 9.82. The molecule has 2 rings (SSSR count). The molecule has 1 saturated heterocycles. The van der Waals surface area contributed by atoms with E-state index in [0.717, 1.165) is 0 Å². The van der Waals surface area contributed by atoms with Crippen molar-refractivity contribution in [3.63, 3.8) is 0 Å². The third-order valence-corrected chi connectivity index (χ3v) is 2.84. The van der Waals surface area contributed by atoms with Crippen LogP contribution in [0, 0.1) is 11.8 Å². The summed E-state index contributed by atoms with van der Waals surface area (Å²) in [6, 6.07) is 0. The summed E-state index contributed by atoms with van der Waals surface area (Å²) in [4.78, 5) is 11.5. The summed E-state index contributed by atoms with van der Waals surface area (Å²) in [7, 11) is 0. The molecule has 0 aliphatic carbocycles. The number of rotatable bonds is 2. The standard InChI is InChI=1S/C10H11F3O3/c1-2-15-9(14)7-5-3-4-6(16-5)8(7)10(11,12)13/h3-8H,2H2,1H3/t5-,6+,7+,8-/m1/s1. The molecule has 90 valence electrons. The summed E-state index contributed by atoms with van der Waals surface area (Å²) in [5.41, 5.74) is 0. The number of esters is 1. The predicted molar refractivity (Wildman–Crippen MR) is 47.5 cm³/mol. The first-order valence-corrected chi connectivity index (χ1v) is 5.02. The molecule has 2 bridgehead atoms. The molecule has 0 amide bonds. The van der Waals surface area contributed by atoms with E-state index < -0.39 is 36.2 Å². The normalized spacial score (nSPS) is 36.8. The molecule has 0 radical (unpaired) electrons. The number of fused-ring (bicyclic) bond motifs is 2. The molecule has 2 heterocycles. The Morgan fingerprint density at radius 1 is 1.38 bits per heavy atom. The zero-order valence-corrected chi connectivity index (χ0v) is 8.53. The van der Waals surface area contributed by atoms with Gasteiger partial charge < -0.3 is 9.47 Å². The number of halogens is 3. The lowest BCUT2D eigenvalue weighted by molar-refractivity contribution is -0.197. The topological polar surface area (TPSA) is 35.5 Å². The average molecular weight is 236 g/mol. The zero-order valence-electron chi connectivity index (χ0n) is 8.53. The molecule has 2 aliphatic rings. The number of alkyl halides is 3. The zero-order chi connectivity index (χ0) is 11.9. The molecule has 3 nitrogen and oxygen atoms in total. The number of hydrogen-bond donors (Lipinski definition) is 0. The summed E-state index contributed by atoms with van der Waals surface area (Å²) < 4.78 is 48.0. The van der Waals surface area contributed by atoms with Crippen LogP contribution in [0.4, 0.5) is 13.2 Å². The van der Waals surface area contributed by atoms with Gasteiger partial charge in [0.25, 0.3) is 0 Å². The lowest BCUT2D eigenvalue weighted by Gasteiger charge is -2.25. The van der Waals surface area contributed by atoms with Crippen molar-refractivity contribution in [2.75, 3.05) is 6.61 Å². The van der Waals surface area contributed by atoms with Crippen molar-refractivity contribution < 1.29 is 27.4 Å². The molecular weight excluding hydrogens is 225 g/mol. The summed E-state index contributed by atoms with van der Waals surface area (Å²) >= 11 is 0. The Kier molecular flexibility index (Phi) is 2.69. The van der Waals surface area contributed by atoms with E-state index in [9.17, 15) is 18.0 Å². The van der Waals surface area contributed by atoms with Gasteiger partial charge in [-0.1, -0.05) is 12.2 Å². The fraction of sp³-hybridized carbons (Fsp3) is 0.700. The Morgan fingerprint density at radius 3 is 2.56 bits per heavy atom. The molecule has 0 aromatic rings. The fourth-order valence-electron chi connectivity index (χ4n) is 2.22. The highest BCUT2D eigenvalue weighted by Crippen LogP contribution is 2.47. The van der Waals surface area contributed by atoms with E-state index in [4.69, 9.17) is 4.74 Å². The molecule has 0 aromatic heterocycles. The van der Waals surface area contributed by atoms with Crippen LogP contribution in [-0.2, 0) is 14.3 Å². The largest absolute Gasteiger partial charge is 0.466 e. The van der Waals surface area contributed by atoms with Gasteiger partial charge in [0.05, 0.1) is 18.8 Å². The first kappa shape index (κ1) is 11.4. The van der Waals surface area contributed by atoms with Gasteiger partial charge in [-0.05, 0) is 6.92 Å². The van der Waals surface area contributed by atoms with Crippen molar-refractivity contribution in [1.29, 1.82) is 0 Å². The molecule has 1 fully saturated rings. The van der Waals surface area contributed by atoms with Crippen LogP contribution in [0.25, 0.3) is 0 Å². The quantitative estimate of drug-likeness (QED) is 0.540. The summed E-state index contributed by atoms with van der Waals surface area (Å²) in [5.74, 6) is -3.86. The van der Waals surface area contributed by atoms with E-state index in [0.29, 0.717) is 0 Å². The van der Waals surface area contributed by atoms with E-state index in [2.05, 4.69) is 4.74 Å². The van der Waals surface area contributed by atoms with Crippen molar-refractivity contribution in [2.24, 2.45) is 11.8 Å². The Balaban J connectivity index is 2.22. The highest BCUT2D eigenvalue weighted by molar-refractivity contribution is 5.75. The first-order valence-electron chi connectivity index (χ1n) is 5.02. The van der Waals surface area contributed by atoms with Crippen LogP contribution in [0.2, 0.25) is 0 Å². The second-order valence-corrected chi connectivity index (χ2v) is 3.80. The SMILES string of the molecule is CCOC(=O)[C@@H]1[C@H](C(F)(F)F)[C@@H]2C=C[C@H]1O2. The maximum absolute atomic E-state index is 12.7. The molecule has 6 heteroatoms. The molecule has 2 aliphatic heterocycles. The van der Waals surface area contributed by atoms with Gasteiger partial charge in [-0.15, -0.1) is 0 Å². The Hall–Kier alpha value is -1.04. The van der Waals surface area contributed by atoms with Crippen LogP contribution in [-0.4, -0.2) is 31.0 Å². The summed E-state index contributed by atoms with van der Waals surface area (Å²) in [5, 5.41) is 0. The first-order chi connectivity index (χ1) is 7.45. The minimum atomic E-state index is -4.44. The maximum atomic E-state index is 12.7. The summed E-state index contributed by atoms with van der Waals surface area (Å²) in [6.07, 6.45) is -3.43. The highest BCUT2D eigenvalue weighted by Gasteiger charge is 2.61. The molecule has 0 saturated carbocycles. The van der Waals surface area contributed by atoms with E-state index in [1.807, 2.05) is 0 Å². The Labute approximate surface area is 90.2 Å². The third-order valence-electron chi connectivity index (χ3n) is 2.84. The van der Waals surface area contributed by atoms with E-state index in [1.54, 1.807) is 6.92 Å². The fourth-order valence-corrected chi connectivity index (χ4v) is 2.22. The van der Waals surface area contributed by atoms with Gasteiger partial charge in [-0.2, -0.15) is 13.2 Å². The number of hydrogen-bond acceptors (Lipinski definition) is 3. The Bertz CT molecular complexity index is 324. The number of carbonyl (C=O) groups is 1. The van der Waals surface area contributed by atoms with E-state index in [-0.39, 0.29) is 6.61 Å². The van der Waals surface area contributed by atoms with Crippen LogP contribution in [0.15, 0.2) is 12.2 Å². The molecule has 0 unspecified atom stereocenters. The molecule has 0 N–H and O–H groups in total. The predicted octanol–water partition coefficient (Wildman–Crippen LogP) is 1.68. The Morgan fingerprint density at radius 2 is 2.00 bits per heavy atom. The van der Waals surface area contributed by atoms with Crippen molar-refractivity contribution in [3.05, 3.63) is 12.2 Å². The maximum Gasteiger partial charge on any atom is 0.395 e. The van der Waals surface area contributed by atoms with Crippen molar-refractivity contribution in [1.82, 2.24) is 0 Å². The van der Waals surface area contributed by atoms with Gasteiger partial charge in [-0.3, -0.25) is 4.79 Å². The molecule has 4 atom stereocenters. The number of ether oxygens (including phenoxy) is 2. The second kappa shape index (κ2) is 3.76. The van der Waals surface area contributed by atoms with Gasteiger partial charge in [0.2, 0.25) is 0 Å². The van der Waals surface area contributed by atoms with E-state index in [1.165, 1.54) is 12.2 Å². The van der Waals surface area contributed by atoms with Gasteiger partial charge in [-0.25, -0.2) is 0 Å². The van der Waals surface area contributed by atoms with Crippen LogP contribution in [0.1, 0.15) is 6.92 Å². The van der Waals surface area contributed by atoms with Crippen molar-refractivity contribution in [3.8, 4) is 0 Å². The van der Waals surface area contributed by atoms with E-state index >= 15 is 0 Å². The third kappa shape index (κ3) is 1.71.